The van der Waals surface area contributed by atoms with Crippen LogP contribution in [0.1, 0.15) is 29.7 Å². The van der Waals surface area contributed by atoms with Gasteiger partial charge < -0.3 is 4.57 Å². The highest BCUT2D eigenvalue weighted by atomic mass is 15.0. The summed E-state index contributed by atoms with van der Waals surface area (Å²) in [6.07, 6.45) is 0. The molecule has 9 rings (SSSR count). The van der Waals surface area contributed by atoms with Crippen molar-refractivity contribution in [3.8, 4) is 50.6 Å². The summed E-state index contributed by atoms with van der Waals surface area (Å²) in [5.41, 5.74) is 17.9. The van der Waals surface area contributed by atoms with Gasteiger partial charge in [-0.3, -0.25) is 0 Å². The monoisotopic (exact) mass is 671 g/mol. The van der Waals surface area contributed by atoms with Crippen LogP contribution < -0.4 is 0 Å². The van der Waals surface area contributed by atoms with Gasteiger partial charge in [-0.2, -0.15) is 0 Å². The van der Waals surface area contributed by atoms with E-state index in [2.05, 4.69) is 172 Å². The Balaban J connectivity index is 0.00000387. The Hall–Kier alpha value is -6.32. The van der Waals surface area contributed by atoms with Crippen LogP contribution in [0.2, 0.25) is 0 Å². The molecule has 0 aliphatic carbocycles. The molecule has 3 nitrogen and oxygen atoms in total. The zero-order chi connectivity index (χ0) is 34.6. The van der Waals surface area contributed by atoms with Crippen molar-refractivity contribution < 1.29 is 0 Å². The normalized spacial score (nSPS) is 11.3. The predicted octanol–water partition coefficient (Wildman–Crippen LogP) is 13.3. The van der Waals surface area contributed by atoms with Gasteiger partial charge in [0.2, 0.25) is 0 Å². The van der Waals surface area contributed by atoms with Crippen LogP contribution in [0.4, 0.5) is 0 Å². The molecule has 0 N–H and O–H groups in total. The van der Waals surface area contributed by atoms with Gasteiger partial charge in [-0.15, -0.1) is 0 Å². The smallest absolute Gasteiger partial charge is 0.160 e. The third-order valence-corrected chi connectivity index (χ3v) is 10.7. The molecule has 0 atom stereocenters. The van der Waals surface area contributed by atoms with E-state index in [0.29, 0.717) is 0 Å². The van der Waals surface area contributed by atoms with Crippen LogP contribution in [0, 0.1) is 27.7 Å². The number of hydrogen-bond donors (Lipinski definition) is 0. The largest absolute Gasteiger partial charge is 0.309 e. The molecule has 0 saturated carbocycles. The second-order valence-corrected chi connectivity index (χ2v) is 13.5. The fourth-order valence-electron chi connectivity index (χ4n) is 7.96. The first-order chi connectivity index (χ1) is 25.0. The highest BCUT2D eigenvalue weighted by molar-refractivity contribution is 6.09. The summed E-state index contributed by atoms with van der Waals surface area (Å²) >= 11 is 0. The minimum atomic E-state index is 0. The minimum Gasteiger partial charge on any atom is -0.309 e. The van der Waals surface area contributed by atoms with Crippen LogP contribution >= 0.6 is 0 Å². The molecule has 0 unspecified atom stereocenters. The molecule has 0 fully saturated rings. The van der Waals surface area contributed by atoms with Crippen molar-refractivity contribution in [2.45, 2.75) is 35.1 Å². The summed E-state index contributed by atoms with van der Waals surface area (Å²) < 4.78 is 2.38. The van der Waals surface area contributed by atoms with Crippen LogP contribution in [0.15, 0.2) is 152 Å². The summed E-state index contributed by atoms with van der Waals surface area (Å²) in [6, 6.07) is 53.9. The highest BCUT2D eigenvalue weighted by Gasteiger charge is 2.19. The van der Waals surface area contributed by atoms with Crippen LogP contribution in [0.25, 0.3) is 83.3 Å². The average Bonchev–Trinajstić information content (AvgIpc) is 3.52. The zero-order valence-electron chi connectivity index (χ0n) is 29.3. The Morgan fingerprint density at radius 1 is 0.385 bits per heavy atom. The Labute approximate surface area is 305 Å². The lowest BCUT2D eigenvalue weighted by atomic mass is 9.83. The fraction of sp³-hybridized carbons (Fsp3) is 0.102. The molecule has 3 heteroatoms. The second-order valence-electron chi connectivity index (χ2n) is 13.5. The van der Waals surface area contributed by atoms with Crippen molar-refractivity contribution in [2.75, 3.05) is 0 Å². The van der Waals surface area contributed by atoms with Gasteiger partial charge in [-0.05, 0) is 103 Å². The first kappa shape index (κ1) is 32.9. The highest BCUT2D eigenvalue weighted by Crippen LogP contribution is 2.40. The Morgan fingerprint density at radius 2 is 0.827 bits per heavy atom. The number of nitrogens with zero attached hydrogens (tertiary/aromatic N) is 3. The maximum atomic E-state index is 5.09. The van der Waals surface area contributed by atoms with Crippen LogP contribution in [-0.2, 0) is 0 Å². The topological polar surface area (TPSA) is 30.7 Å². The standard InChI is InChI=1S/C48H37N3.CH4/c1-30-32(3)46(35-26-28-38(29-27-35)51-43-20-12-9-16-39(43)40-17-10-13-21-44(40)51)33(4)31(2)45(30)34-22-24-37(25-23-34)48-49-42-19-11-8-18-41(42)47(50-48)36-14-6-5-7-15-36;/h5-29H,1-4H3;1H4. The summed E-state index contributed by atoms with van der Waals surface area (Å²) in [5, 5.41) is 3.61. The molecule has 0 aliphatic rings. The van der Waals surface area contributed by atoms with E-state index in [1.807, 2.05) is 12.1 Å². The Bertz CT molecular complexity index is 2670. The molecule has 52 heavy (non-hydrogen) atoms. The van der Waals surface area contributed by atoms with E-state index in [0.717, 1.165) is 33.5 Å². The predicted molar refractivity (Wildman–Crippen MR) is 221 cm³/mol. The molecular weight excluding hydrogens is 631 g/mol. The Kier molecular flexibility index (Phi) is 8.28. The fourth-order valence-corrected chi connectivity index (χ4v) is 7.96. The molecule has 0 spiro atoms. The van der Waals surface area contributed by atoms with Crippen molar-refractivity contribution in [1.82, 2.24) is 14.5 Å². The van der Waals surface area contributed by atoms with E-state index in [9.17, 15) is 0 Å². The first-order valence-electron chi connectivity index (χ1n) is 17.6. The number of hydrogen-bond acceptors (Lipinski definition) is 2. The third kappa shape index (κ3) is 5.29. The zero-order valence-corrected chi connectivity index (χ0v) is 29.3. The van der Waals surface area contributed by atoms with E-state index in [4.69, 9.17) is 9.97 Å². The molecule has 7 aromatic carbocycles. The lowest BCUT2D eigenvalue weighted by Gasteiger charge is -2.22. The van der Waals surface area contributed by atoms with Crippen LogP contribution in [-0.4, -0.2) is 14.5 Å². The van der Waals surface area contributed by atoms with Gasteiger partial charge in [0, 0.05) is 33.0 Å². The molecule has 0 amide bonds. The van der Waals surface area contributed by atoms with Gasteiger partial charge in [0.25, 0.3) is 0 Å². The SMILES string of the molecule is C.Cc1c(C)c(-c2ccc(-n3c4ccccc4c4ccccc43)cc2)c(C)c(C)c1-c1ccc(-c2nc(-c3ccccc3)c3ccccc3n2)cc1. The average molecular weight is 672 g/mol. The summed E-state index contributed by atoms with van der Waals surface area (Å²) in [7, 11) is 0. The van der Waals surface area contributed by atoms with Gasteiger partial charge in [-0.1, -0.05) is 129 Å². The molecule has 252 valence electrons. The first-order valence-corrected chi connectivity index (χ1v) is 17.6. The Morgan fingerprint density at radius 3 is 1.38 bits per heavy atom. The lowest BCUT2D eigenvalue weighted by molar-refractivity contribution is 1.18. The van der Waals surface area contributed by atoms with E-state index in [1.54, 1.807) is 0 Å². The number of para-hydroxylation sites is 3. The van der Waals surface area contributed by atoms with Gasteiger partial charge in [-0.25, -0.2) is 9.97 Å². The summed E-state index contributed by atoms with van der Waals surface area (Å²) in [5.74, 6) is 0.736. The van der Waals surface area contributed by atoms with Gasteiger partial charge in [0.1, 0.15) is 0 Å². The van der Waals surface area contributed by atoms with Crippen molar-refractivity contribution in [3.05, 3.63) is 174 Å². The molecule has 0 bridgehead atoms. The van der Waals surface area contributed by atoms with E-state index in [-0.39, 0.29) is 7.43 Å². The molecule has 9 aromatic rings. The quantitative estimate of drug-likeness (QED) is 0.182. The lowest BCUT2D eigenvalue weighted by Crippen LogP contribution is -2.01. The number of aromatic nitrogens is 3. The molecule has 2 heterocycles. The van der Waals surface area contributed by atoms with E-state index < -0.39 is 0 Å². The number of benzene rings is 7. The van der Waals surface area contributed by atoms with Gasteiger partial charge in [0.05, 0.1) is 22.2 Å². The molecule has 0 radical (unpaired) electrons. The number of fused-ring (bicyclic) bond motifs is 4. The van der Waals surface area contributed by atoms with Gasteiger partial charge in [0.15, 0.2) is 5.82 Å². The summed E-state index contributed by atoms with van der Waals surface area (Å²) in [4.78, 5) is 10.1. The van der Waals surface area contributed by atoms with Crippen molar-refractivity contribution in [2.24, 2.45) is 0 Å². The minimum absolute atomic E-state index is 0. The maximum absolute atomic E-state index is 5.09. The molecule has 0 saturated heterocycles. The van der Waals surface area contributed by atoms with E-state index in [1.165, 1.54) is 72.0 Å². The third-order valence-electron chi connectivity index (χ3n) is 10.7. The van der Waals surface area contributed by atoms with Crippen molar-refractivity contribution in [1.29, 1.82) is 0 Å². The maximum Gasteiger partial charge on any atom is 0.160 e. The van der Waals surface area contributed by atoms with Crippen LogP contribution in [0.3, 0.4) is 0 Å². The van der Waals surface area contributed by atoms with Gasteiger partial charge >= 0.3 is 0 Å². The van der Waals surface area contributed by atoms with Crippen molar-refractivity contribution >= 4 is 32.7 Å². The van der Waals surface area contributed by atoms with Crippen LogP contribution in [0.5, 0.6) is 0 Å². The molecule has 0 aliphatic heterocycles. The second kappa shape index (κ2) is 13.1. The summed E-state index contributed by atoms with van der Waals surface area (Å²) in [6.45, 7) is 9.06. The van der Waals surface area contributed by atoms with E-state index >= 15 is 0 Å². The number of rotatable bonds is 5. The van der Waals surface area contributed by atoms with Crippen molar-refractivity contribution in [3.63, 3.8) is 0 Å². The molecule has 2 aromatic heterocycles. The molecular formula is C49H41N3.